The van der Waals surface area contributed by atoms with E-state index in [9.17, 15) is 9.59 Å². The molecule has 1 fully saturated rings. The Labute approximate surface area is 179 Å². The maximum absolute atomic E-state index is 12.7. The molecule has 1 saturated heterocycles. The summed E-state index contributed by atoms with van der Waals surface area (Å²) in [5.74, 6) is -0.0654. The molecule has 5 nitrogen and oxygen atoms in total. The number of ketones is 1. The van der Waals surface area contributed by atoms with Crippen molar-refractivity contribution in [3.05, 3.63) is 70.3 Å². The summed E-state index contributed by atoms with van der Waals surface area (Å²) in [6.07, 6.45) is 0.423. The molecule has 1 heterocycles. The van der Waals surface area contributed by atoms with Crippen LogP contribution in [0.5, 0.6) is 0 Å². The van der Waals surface area contributed by atoms with Crippen molar-refractivity contribution in [3.63, 3.8) is 0 Å². The van der Waals surface area contributed by atoms with Crippen molar-refractivity contribution in [1.29, 1.82) is 0 Å². The van der Waals surface area contributed by atoms with Crippen LogP contribution in [0.3, 0.4) is 0 Å². The second-order valence-electron chi connectivity index (χ2n) is 8.32. The first-order valence-electron chi connectivity index (χ1n) is 10.8. The Hall–Kier alpha value is -2.50. The maximum Gasteiger partial charge on any atom is 0.221 e. The van der Waals surface area contributed by atoms with Gasteiger partial charge in [0.2, 0.25) is 5.91 Å². The van der Waals surface area contributed by atoms with Gasteiger partial charge < -0.3 is 15.0 Å². The molecule has 1 amide bonds. The fourth-order valence-electron chi connectivity index (χ4n) is 3.76. The molecule has 1 atom stereocenters. The predicted molar refractivity (Wildman–Crippen MR) is 118 cm³/mol. The molecular formula is C25H33N2O3+. The van der Waals surface area contributed by atoms with E-state index in [1.165, 1.54) is 10.5 Å². The Kier molecular flexibility index (Phi) is 7.77. The topological polar surface area (TPSA) is 59.8 Å². The maximum atomic E-state index is 12.7. The Morgan fingerprint density at radius 3 is 2.33 bits per heavy atom. The monoisotopic (exact) mass is 409 g/mol. The van der Waals surface area contributed by atoms with Gasteiger partial charge in [-0.15, -0.1) is 0 Å². The van der Waals surface area contributed by atoms with Crippen LogP contribution < -0.4 is 10.2 Å². The van der Waals surface area contributed by atoms with Crippen LogP contribution in [0.25, 0.3) is 0 Å². The van der Waals surface area contributed by atoms with Crippen molar-refractivity contribution >= 4 is 11.7 Å². The summed E-state index contributed by atoms with van der Waals surface area (Å²) >= 11 is 0. The number of quaternary nitrogens is 1. The zero-order valence-corrected chi connectivity index (χ0v) is 18.3. The Bertz CT molecular complexity index is 870. The van der Waals surface area contributed by atoms with Crippen molar-refractivity contribution in [2.45, 2.75) is 39.7 Å². The van der Waals surface area contributed by atoms with Gasteiger partial charge in [0, 0.05) is 18.4 Å². The number of nitrogens with one attached hydrogen (secondary N) is 2. The molecule has 0 unspecified atom stereocenters. The summed E-state index contributed by atoms with van der Waals surface area (Å²) in [5.41, 5.74) is 5.24. The molecule has 0 radical (unpaired) electrons. The van der Waals surface area contributed by atoms with Crippen LogP contribution in [0.4, 0.5) is 0 Å². The first-order valence-corrected chi connectivity index (χ1v) is 10.8. The van der Waals surface area contributed by atoms with Gasteiger partial charge in [0.25, 0.3) is 0 Å². The molecule has 2 aromatic rings. The van der Waals surface area contributed by atoms with Crippen LogP contribution in [0.1, 0.15) is 51.5 Å². The molecule has 3 rings (SSSR count). The van der Waals surface area contributed by atoms with Crippen LogP contribution in [0, 0.1) is 20.8 Å². The summed E-state index contributed by atoms with van der Waals surface area (Å²) in [6.45, 7) is 10.3. The normalized spacial score (nSPS) is 15.6. The highest BCUT2D eigenvalue weighted by Crippen LogP contribution is 2.15. The Morgan fingerprint density at radius 2 is 1.67 bits per heavy atom. The van der Waals surface area contributed by atoms with E-state index in [1.54, 1.807) is 0 Å². The van der Waals surface area contributed by atoms with Gasteiger partial charge in [-0.1, -0.05) is 42.0 Å². The Morgan fingerprint density at radius 1 is 0.967 bits per heavy atom. The zero-order valence-electron chi connectivity index (χ0n) is 18.3. The number of rotatable bonds is 8. The van der Waals surface area contributed by atoms with Gasteiger partial charge in [-0.3, -0.25) is 9.59 Å². The number of carbonyl (C=O) groups is 2. The lowest BCUT2D eigenvalue weighted by molar-refractivity contribution is -0.909. The SMILES string of the molecule is Cc1ccc([C@@H](C[NH+]2CCOCC2)NC(=O)CCC(=O)c2ccc(C)c(C)c2)cc1. The molecule has 2 aromatic carbocycles. The van der Waals surface area contributed by atoms with E-state index in [-0.39, 0.29) is 30.6 Å². The first-order chi connectivity index (χ1) is 14.4. The highest BCUT2D eigenvalue weighted by Gasteiger charge is 2.23. The third kappa shape index (κ3) is 6.25. The second kappa shape index (κ2) is 10.5. The van der Waals surface area contributed by atoms with Crippen molar-refractivity contribution in [2.24, 2.45) is 0 Å². The molecule has 0 saturated carbocycles. The van der Waals surface area contributed by atoms with Gasteiger partial charge in [0.15, 0.2) is 5.78 Å². The fraction of sp³-hybridized carbons (Fsp3) is 0.440. The molecule has 30 heavy (non-hydrogen) atoms. The van der Waals surface area contributed by atoms with E-state index in [0.29, 0.717) is 5.56 Å². The van der Waals surface area contributed by atoms with Gasteiger partial charge in [-0.2, -0.15) is 0 Å². The van der Waals surface area contributed by atoms with Gasteiger partial charge in [-0.05, 0) is 43.5 Å². The van der Waals surface area contributed by atoms with Crippen molar-refractivity contribution in [2.75, 3.05) is 32.8 Å². The van der Waals surface area contributed by atoms with E-state index < -0.39 is 0 Å². The van der Waals surface area contributed by atoms with Crippen molar-refractivity contribution in [1.82, 2.24) is 5.32 Å². The van der Waals surface area contributed by atoms with Crippen LogP contribution in [-0.2, 0) is 9.53 Å². The first kappa shape index (κ1) is 22.2. The summed E-state index contributed by atoms with van der Waals surface area (Å²) in [6, 6.07) is 14.0. The highest BCUT2D eigenvalue weighted by molar-refractivity contribution is 5.98. The van der Waals surface area contributed by atoms with E-state index in [2.05, 4.69) is 36.5 Å². The molecule has 0 bridgehead atoms. The van der Waals surface area contributed by atoms with E-state index in [1.807, 2.05) is 32.0 Å². The molecule has 1 aliphatic heterocycles. The molecule has 0 aliphatic carbocycles. The van der Waals surface area contributed by atoms with Crippen molar-refractivity contribution in [3.8, 4) is 0 Å². The quantitative estimate of drug-likeness (QED) is 0.658. The number of Topliss-reactive ketones (excluding diaryl/α,β-unsaturated/α-hetero) is 1. The third-order valence-corrected chi connectivity index (χ3v) is 5.92. The summed E-state index contributed by atoms with van der Waals surface area (Å²) < 4.78 is 5.46. The lowest BCUT2D eigenvalue weighted by atomic mass is 10.0. The number of hydrogen-bond donors (Lipinski definition) is 2. The molecule has 2 N–H and O–H groups in total. The van der Waals surface area contributed by atoms with Crippen molar-refractivity contribution < 1.29 is 19.2 Å². The van der Waals surface area contributed by atoms with Gasteiger partial charge >= 0.3 is 0 Å². The minimum Gasteiger partial charge on any atom is -0.370 e. The van der Waals surface area contributed by atoms with Crippen LogP contribution in [-0.4, -0.2) is 44.5 Å². The average molecular weight is 410 g/mol. The minimum atomic E-state index is -0.0783. The number of ether oxygens (including phenoxy) is 1. The molecule has 160 valence electrons. The largest absolute Gasteiger partial charge is 0.370 e. The zero-order chi connectivity index (χ0) is 21.5. The third-order valence-electron chi connectivity index (χ3n) is 5.92. The number of aryl methyl sites for hydroxylation is 3. The fourth-order valence-corrected chi connectivity index (χ4v) is 3.76. The smallest absolute Gasteiger partial charge is 0.221 e. The second-order valence-corrected chi connectivity index (χ2v) is 8.32. The van der Waals surface area contributed by atoms with E-state index in [0.717, 1.165) is 49.5 Å². The number of amides is 1. The summed E-state index contributed by atoms with van der Waals surface area (Å²) in [5, 5.41) is 3.17. The summed E-state index contributed by atoms with van der Waals surface area (Å²) in [4.78, 5) is 26.6. The van der Waals surface area contributed by atoms with Crippen LogP contribution in [0.2, 0.25) is 0 Å². The standard InChI is InChI=1S/C25H32N2O3/c1-18-4-7-21(8-5-18)23(17-27-12-14-30-15-13-27)26-25(29)11-10-24(28)22-9-6-19(2)20(3)16-22/h4-9,16,23H,10-15,17H2,1-3H3,(H,26,29)/p+1/t23-/m1/s1. The predicted octanol–water partition coefficient (Wildman–Crippen LogP) is 2.35. The van der Waals surface area contributed by atoms with E-state index in [4.69, 9.17) is 4.74 Å². The molecule has 0 spiro atoms. The lowest BCUT2D eigenvalue weighted by Crippen LogP contribution is -3.14. The number of hydrogen-bond acceptors (Lipinski definition) is 3. The van der Waals surface area contributed by atoms with Gasteiger partial charge in [-0.25, -0.2) is 0 Å². The average Bonchev–Trinajstić information content (AvgIpc) is 2.75. The molecule has 0 aromatic heterocycles. The summed E-state index contributed by atoms with van der Waals surface area (Å²) in [7, 11) is 0. The van der Waals surface area contributed by atoms with E-state index >= 15 is 0 Å². The lowest BCUT2D eigenvalue weighted by Gasteiger charge is -2.28. The van der Waals surface area contributed by atoms with Gasteiger partial charge in [0.05, 0.1) is 13.2 Å². The van der Waals surface area contributed by atoms with Crippen LogP contribution >= 0.6 is 0 Å². The highest BCUT2D eigenvalue weighted by atomic mass is 16.5. The van der Waals surface area contributed by atoms with Gasteiger partial charge in [0.1, 0.15) is 25.7 Å². The van der Waals surface area contributed by atoms with Crippen LogP contribution in [0.15, 0.2) is 42.5 Å². The molecule has 5 heteroatoms. The molecule has 1 aliphatic rings. The number of morpholine rings is 1. The minimum absolute atomic E-state index is 0.0129. The molecular weight excluding hydrogens is 376 g/mol. The Balaban J connectivity index is 1.61. The number of carbonyl (C=O) groups excluding carboxylic acids is 2. The number of benzene rings is 2.